The maximum absolute atomic E-state index is 11.7. The van der Waals surface area contributed by atoms with Crippen LogP contribution < -0.4 is 5.32 Å². The van der Waals surface area contributed by atoms with Crippen LogP contribution in [0, 0.1) is 0 Å². The van der Waals surface area contributed by atoms with Gasteiger partial charge in [-0.2, -0.15) is 0 Å². The number of rotatable bonds is 8. The monoisotopic (exact) mass is 545 g/mol. The zero-order valence-corrected chi connectivity index (χ0v) is 19.7. The van der Waals surface area contributed by atoms with Gasteiger partial charge >= 0.3 is 0 Å². The third-order valence-corrected chi connectivity index (χ3v) is 6.49. The van der Waals surface area contributed by atoms with Crippen LogP contribution in [0.3, 0.4) is 0 Å². The van der Waals surface area contributed by atoms with Crippen LogP contribution in [0.5, 0.6) is 0 Å². The van der Waals surface area contributed by atoms with Crippen LogP contribution >= 0.6 is 0 Å². The first-order chi connectivity index (χ1) is 17.4. The molecule has 3 saturated heterocycles. The van der Waals surface area contributed by atoms with Crippen molar-refractivity contribution in [2.24, 2.45) is 0 Å². The van der Waals surface area contributed by atoms with Gasteiger partial charge in [0.15, 0.2) is 18.9 Å². The van der Waals surface area contributed by atoms with Crippen molar-refractivity contribution in [1.82, 2.24) is 5.32 Å². The molecule has 3 fully saturated rings. The fraction of sp³-hybridized carbons (Fsp3) is 0.950. The van der Waals surface area contributed by atoms with E-state index in [4.69, 9.17) is 23.7 Å². The Hall–Kier alpha value is -1.13. The number of nitrogens with one attached hydrogen (secondary N) is 1. The molecule has 0 aromatic rings. The van der Waals surface area contributed by atoms with Crippen LogP contribution in [0.2, 0.25) is 0 Å². The summed E-state index contributed by atoms with van der Waals surface area (Å²) in [5.41, 5.74) is 0. The standard InChI is InChI=1S/C20H35NO16/c1-5(25)21-9-12(28)10(26)6(2-22)34-19(9)37-17-11(27)7(3-23)35-20(15(17)31)36-16-8(4-24)33-18(32)14(30)13(16)29/h6-20,22-24,26-32H,2-4H2,1H3,(H,21,25)/t6-,7-,8-,9-,10+,11+,12-,13-,14-,15-,16-,17+,18+,19+,20+/m1/s1. The highest BCUT2D eigenvalue weighted by molar-refractivity contribution is 5.73. The summed E-state index contributed by atoms with van der Waals surface area (Å²) >= 11 is 0. The van der Waals surface area contributed by atoms with Crippen LogP contribution in [0.4, 0.5) is 0 Å². The number of aliphatic hydroxyl groups excluding tert-OH is 10. The molecule has 3 aliphatic rings. The summed E-state index contributed by atoms with van der Waals surface area (Å²) < 4.78 is 27.0. The first-order valence-electron chi connectivity index (χ1n) is 11.6. The number of amides is 1. The molecule has 0 spiro atoms. The van der Waals surface area contributed by atoms with Gasteiger partial charge < -0.3 is 80.1 Å². The molecule has 0 bridgehead atoms. The molecule has 1 amide bonds. The lowest BCUT2D eigenvalue weighted by Crippen LogP contribution is -2.68. The van der Waals surface area contributed by atoms with Crippen molar-refractivity contribution < 1.29 is 79.5 Å². The zero-order chi connectivity index (χ0) is 27.6. The molecule has 37 heavy (non-hydrogen) atoms. The topological polar surface area (TPSA) is 278 Å². The van der Waals surface area contributed by atoms with E-state index in [0.29, 0.717) is 0 Å². The van der Waals surface area contributed by atoms with E-state index in [0.717, 1.165) is 6.92 Å². The van der Waals surface area contributed by atoms with Gasteiger partial charge in [0.1, 0.15) is 73.2 Å². The second-order valence-electron chi connectivity index (χ2n) is 9.07. The molecular weight excluding hydrogens is 510 g/mol. The molecule has 3 aliphatic heterocycles. The Morgan fingerprint density at radius 2 is 1.19 bits per heavy atom. The summed E-state index contributed by atoms with van der Waals surface area (Å²) in [5.74, 6) is -0.652. The van der Waals surface area contributed by atoms with Crippen LogP contribution in [0.25, 0.3) is 0 Å². The Bertz CT molecular complexity index is 745. The summed E-state index contributed by atoms with van der Waals surface area (Å²) in [6, 6.07) is -1.42. The summed E-state index contributed by atoms with van der Waals surface area (Å²) in [6.07, 6.45) is -23.4. The zero-order valence-electron chi connectivity index (χ0n) is 19.7. The lowest BCUT2D eigenvalue weighted by atomic mass is 9.95. The van der Waals surface area contributed by atoms with E-state index in [1.165, 1.54) is 0 Å². The molecule has 0 saturated carbocycles. The summed E-state index contributed by atoms with van der Waals surface area (Å²) in [6.45, 7) is -1.25. The third-order valence-electron chi connectivity index (χ3n) is 6.49. The van der Waals surface area contributed by atoms with Crippen molar-refractivity contribution in [2.75, 3.05) is 19.8 Å². The molecule has 0 radical (unpaired) electrons. The normalized spacial score (nSPS) is 49.0. The molecule has 15 atom stereocenters. The maximum Gasteiger partial charge on any atom is 0.217 e. The minimum Gasteiger partial charge on any atom is -0.394 e. The Kier molecular flexibility index (Phi) is 10.5. The minimum atomic E-state index is -1.91. The average Bonchev–Trinajstić information content (AvgIpc) is 2.86. The highest BCUT2D eigenvalue weighted by atomic mass is 16.7. The van der Waals surface area contributed by atoms with Crippen LogP contribution in [-0.2, 0) is 28.5 Å². The smallest absolute Gasteiger partial charge is 0.217 e. The summed E-state index contributed by atoms with van der Waals surface area (Å²) in [4.78, 5) is 11.7. The minimum absolute atomic E-state index is 0.652. The van der Waals surface area contributed by atoms with Gasteiger partial charge in [0, 0.05) is 6.92 Å². The number of carbonyl (C=O) groups excluding carboxylic acids is 1. The van der Waals surface area contributed by atoms with E-state index in [1.54, 1.807) is 0 Å². The lowest BCUT2D eigenvalue weighted by Gasteiger charge is -2.48. The quantitative estimate of drug-likeness (QED) is 0.135. The Morgan fingerprint density at radius 3 is 1.76 bits per heavy atom. The molecule has 17 nitrogen and oxygen atoms in total. The van der Waals surface area contributed by atoms with Crippen molar-refractivity contribution in [1.29, 1.82) is 0 Å². The van der Waals surface area contributed by atoms with Crippen LogP contribution in [-0.4, -0.2) is 169 Å². The van der Waals surface area contributed by atoms with E-state index in [-0.39, 0.29) is 0 Å². The predicted octanol–water partition coefficient (Wildman–Crippen LogP) is -7.43. The number of hydrogen-bond acceptors (Lipinski definition) is 16. The van der Waals surface area contributed by atoms with Crippen molar-refractivity contribution in [3.63, 3.8) is 0 Å². The molecule has 216 valence electrons. The highest BCUT2D eigenvalue weighted by Crippen LogP contribution is 2.32. The molecule has 17 heteroatoms. The first kappa shape index (κ1) is 30.4. The number of aliphatic hydroxyl groups is 10. The molecule has 0 unspecified atom stereocenters. The third kappa shape index (κ3) is 6.38. The van der Waals surface area contributed by atoms with E-state index in [2.05, 4.69) is 5.32 Å². The maximum atomic E-state index is 11.7. The van der Waals surface area contributed by atoms with E-state index >= 15 is 0 Å². The first-order valence-corrected chi connectivity index (χ1v) is 11.6. The second-order valence-corrected chi connectivity index (χ2v) is 9.07. The molecular formula is C20H35NO16. The van der Waals surface area contributed by atoms with Crippen molar-refractivity contribution in [3.8, 4) is 0 Å². The van der Waals surface area contributed by atoms with Crippen molar-refractivity contribution in [3.05, 3.63) is 0 Å². The number of ether oxygens (including phenoxy) is 5. The Labute approximate surface area is 210 Å². The molecule has 0 aromatic heterocycles. The molecule has 0 aliphatic carbocycles. The molecule has 3 rings (SSSR count). The fourth-order valence-electron chi connectivity index (χ4n) is 4.46. The number of hydrogen-bond donors (Lipinski definition) is 11. The Morgan fingerprint density at radius 1 is 0.649 bits per heavy atom. The van der Waals surface area contributed by atoms with Gasteiger partial charge in [-0.1, -0.05) is 0 Å². The molecule has 0 aromatic carbocycles. The molecule has 3 heterocycles. The summed E-state index contributed by atoms with van der Waals surface area (Å²) in [5, 5.41) is 103. The van der Waals surface area contributed by atoms with Gasteiger partial charge in [0.05, 0.1) is 19.8 Å². The van der Waals surface area contributed by atoms with E-state index in [9.17, 15) is 55.9 Å². The molecule has 11 N–H and O–H groups in total. The van der Waals surface area contributed by atoms with Gasteiger partial charge in [0.2, 0.25) is 5.91 Å². The highest BCUT2D eigenvalue weighted by Gasteiger charge is 2.53. The fourth-order valence-corrected chi connectivity index (χ4v) is 4.46. The van der Waals surface area contributed by atoms with E-state index in [1.807, 2.05) is 0 Å². The Balaban J connectivity index is 1.83. The summed E-state index contributed by atoms with van der Waals surface area (Å²) in [7, 11) is 0. The largest absolute Gasteiger partial charge is 0.394 e. The lowest BCUT2D eigenvalue weighted by molar-refractivity contribution is -0.373. The van der Waals surface area contributed by atoms with Crippen LogP contribution in [0.15, 0.2) is 0 Å². The average molecular weight is 545 g/mol. The van der Waals surface area contributed by atoms with Gasteiger partial charge in [-0.3, -0.25) is 4.79 Å². The predicted molar refractivity (Wildman–Crippen MR) is 113 cm³/mol. The van der Waals surface area contributed by atoms with Gasteiger partial charge in [-0.05, 0) is 0 Å². The number of carbonyl (C=O) groups is 1. The second kappa shape index (κ2) is 12.8. The van der Waals surface area contributed by atoms with Crippen molar-refractivity contribution in [2.45, 2.75) is 99.0 Å². The van der Waals surface area contributed by atoms with Gasteiger partial charge in [-0.25, -0.2) is 0 Å². The van der Waals surface area contributed by atoms with E-state index < -0.39 is 118 Å². The van der Waals surface area contributed by atoms with Gasteiger partial charge in [-0.15, -0.1) is 0 Å². The van der Waals surface area contributed by atoms with Crippen molar-refractivity contribution >= 4 is 5.91 Å². The SMILES string of the molecule is CC(=O)N[C@H]1[C@H](O[C@H]2[C@@H](O)[C@@H](CO)O[C@@H](O[C@H]3[C@H](O)[C@@H](O)[C@@H](O)O[C@@H]3CO)[C@@H]2O)O[C@H](CO)[C@H](O)[C@@H]1O. The van der Waals surface area contributed by atoms with Gasteiger partial charge in [0.25, 0.3) is 0 Å². The van der Waals surface area contributed by atoms with Crippen LogP contribution in [0.1, 0.15) is 6.92 Å².